The molecule has 0 spiro atoms. The maximum Gasteiger partial charge on any atom is 0.338 e. The SMILES string of the molecule is CCOC(=O)C1=C(C)N=c2s/c(=C\c3ccc(-c4cccc([N+](=O)[O-])c4)o3)c(=O)n2[C@@H]1c1ccc(N(C)C)cc1. The Hall–Kier alpha value is -4.77. The fourth-order valence-corrected chi connectivity index (χ4v) is 5.58. The Balaban J connectivity index is 1.61. The van der Waals surface area contributed by atoms with Crippen molar-refractivity contribution in [2.24, 2.45) is 4.99 Å². The maximum absolute atomic E-state index is 13.8. The average molecular weight is 559 g/mol. The number of rotatable bonds is 7. The van der Waals surface area contributed by atoms with E-state index in [1.165, 1.54) is 28.0 Å². The summed E-state index contributed by atoms with van der Waals surface area (Å²) in [5.41, 5.74) is 2.70. The number of fused-ring (bicyclic) bond motifs is 1. The highest BCUT2D eigenvalue weighted by molar-refractivity contribution is 7.07. The number of thiazole rings is 1. The third-order valence-corrected chi connectivity index (χ3v) is 7.47. The van der Waals surface area contributed by atoms with Crippen LogP contribution in [0.25, 0.3) is 17.4 Å². The van der Waals surface area contributed by atoms with Crippen molar-refractivity contribution in [3.05, 3.63) is 113 Å². The second-order valence-corrected chi connectivity index (χ2v) is 10.3. The van der Waals surface area contributed by atoms with Gasteiger partial charge in [-0.05, 0) is 43.7 Å². The number of anilines is 1. The lowest BCUT2D eigenvalue weighted by Gasteiger charge is -2.25. The average Bonchev–Trinajstić information content (AvgIpc) is 3.52. The molecule has 4 aromatic rings. The van der Waals surface area contributed by atoms with E-state index in [0.717, 1.165) is 11.3 Å². The molecule has 0 radical (unpaired) electrons. The molecule has 3 heterocycles. The van der Waals surface area contributed by atoms with Gasteiger partial charge in [0.05, 0.1) is 33.4 Å². The first-order chi connectivity index (χ1) is 19.2. The second-order valence-electron chi connectivity index (χ2n) is 9.30. The zero-order chi connectivity index (χ0) is 28.6. The van der Waals surface area contributed by atoms with Gasteiger partial charge in [-0.3, -0.25) is 19.5 Å². The Labute approximate surface area is 232 Å². The predicted molar refractivity (Wildman–Crippen MR) is 152 cm³/mol. The number of benzene rings is 2. The summed E-state index contributed by atoms with van der Waals surface area (Å²) >= 11 is 1.19. The van der Waals surface area contributed by atoms with E-state index in [0.29, 0.717) is 37.7 Å². The molecular formula is C29H26N4O6S. The van der Waals surface area contributed by atoms with Gasteiger partial charge in [-0.2, -0.15) is 0 Å². The Kier molecular flexibility index (Phi) is 7.22. The summed E-state index contributed by atoms with van der Waals surface area (Å²) < 4.78 is 13.2. The fourth-order valence-electron chi connectivity index (χ4n) is 4.55. The lowest BCUT2D eigenvalue weighted by Crippen LogP contribution is -2.39. The number of furan rings is 1. The van der Waals surface area contributed by atoms with Gasteiger partial charge in [-0.25, -0.2) is 9.79 Å². The summed E-state index contributed by atoms with van der Waals surface area (Å²) in [4.78, 5) is 44.6. The molecule has 0 N–H and O–H groups in total. The molecular weight excluding hydrogens is 532 g/mol. The number of hydrogen-bond donors (Lipinski definition) is 0. The molecule has 11 heteroatoms. The van der Waals surface area contributed by atoms with Gasteiger partial charge in [0.2, 0.25) is 0 Å². The van der Waals surface area contributed by atoms with E-state index < -0.39 is 16.9 Å². The van der Waals surface area contributed by atoms with Gasteiger partial charge in [-0.15, -0.1) is 0 Å². The van der Waals surface area contributed by atoms with Crippen LogP contribution >= 0.6 is 11.3 Å². The molecule has 1 aliphatic rings. The van der Waals surface area contributed by atoms with E-state index in [4.69, 9.17) is 9.15 Å². The topological polar surface area (TPSA) is 120 Å². The molecule has 0 bridgehead atoms. The van der Waals surface area contributed by atoms with Gasteiger partial charge >= 0.3 is 5.97 Å². The number of allylic oxidation sites excluding steroid dienone is 1. The number of hydrogen-bond acceptors (Lipinski definition) is 9. The minimum absolute atomic E-state index is 0.0462. The standard InChI is InChI=1S/C29H26N4O6S/c1-5-38-28(35)25-17(2)30-29-32(26(25)18-9-11-20(12-10-18)31(3)4)27(34)24(40-29)16-22-13-14-23(39-22)19-7-6-8-21(15-19)33(36)37/h6-16,26H,5H2,1-4H3/b24-16-/t26-/m1/s1. The molecule has 2 aromatic heterocycles. The van der Waals surface area contributed by atoms with Gasteiger partial charge in [0, 0.05) is 43.6 Å². The van der Waals surface area contributed by atoms with Crippen LogP contribution in [0.5, 0.6) is 0 Å². The molecule has 1 aliphatic heterocycles. The number of nitro groups is 1. The first-order valence-corrected chi connectivity index (χ1v) is 13.3. The molecule has 0 saturated heterocycles. The summed E-state index contributed by atoms with van der Waals surface area (Å²) in [6.07, 6.45) is 1.61. The van der Waals surface area contributed by atoms with Crippen molar-refractivity contribution in [1.29, 1.82) is 0 Å². The highest BCUT2D eigenvalue weighted by atomic mass is 32.1. The molecule has 0 saturated carbocycles. The summed E-state index contributed by atoms with van der Waals surface area (Å²) in [6.45, 7) is 3.66. The van der Waals surface area contributed by atoms with Crippen molar-refractivity contribution in [3.63, 3.8) is 0 Å². The number of ether oxygens (including phenoxy) is 1. The van der Waals surface area contributed by atoms with Crippen LogP contribution in [-0.4, -0.2) is 36.2 Å². The maximum atomic E-state index is 13.8. The first-order valence-electron chi connectivity index (χ1n) is 12.5. The summed E-state index contributed by atoms with van der Waals surface area (Å²) in [7, 11) is 3.87. The molecule has 5 rings (SSSR count). The Morgan fingerprint density at radius 3 is 2.62 bits per heavy atom. The third-order valence-electron chi connectivity index (χ3n) is 6.48. The number of esters is 1. The number of nitro benzene ring substituents is 1. The van der Waals surface area contributed by atoms with Crippen LogP contribution in [-0.2, 0) is 9.53 Å². The van der Waals surface area contributed by atoms with Crippen LogP contribution in [0, 0.1) is 10.1 Å². The number of non-ortho nitro benzene ring substituents is 1. The monoisotopic (exact) mass is 558 g/mol. The molecule has 1 atom stereocenters. The van der Waals surface area contributed by atoms with Crippen LogP contribution in [0.1, 0.15) is 31.2 Å². The van der Waals surface area contributed by atoms with Gasteiger partial charge in [0.1, 0.15) is 11.5 Å². The van der Waals surface area contributed by atoms with Crippen molar-refractivity contribution in [3.8, 4) is 11.3 Å². The molecule has 10 nitrogen and oxygen atoms in total. The largest absolute Gasteiger partial charge is 0.463 e. The lowest BCUT2D eigenvalue weighted by molar-refractivity contribution is -0.384. The fraction of sp³-hybridized carbons (Fsp3) is 0.207. The van der Waals surface area contributed by atoms with E-state index in [1.54, 1.807) is 44.2 Å². The Morgan fingerprint density at radius 2 is 1.95 bits per heavy atom. The smallest absolute Gasteiger partial charge is 0.338 e. The van der Waals surface area contributed by atoms with Crippen LogP contribution in [0.4, 0.5) is 11.4 Å². The van der Waals surface area contributed by atoms with E-state index >= 15 is 0 Å². The van der Waals surface area contributed by atoms with E-state index in [2.05, 4.69) is 4.99 Å². The van der Waals surface area contributed by atoms with Gasteiger partial charge in [0.15, 0.2) is 4.80 Å². The molecule has 0 fully saturated rings. The van der Waals surface area contributed by atoms with Crippen molar-refractivity contribution >= 4 is 34.8 Å². The Morgan fingerprint density at radius 1 is 1.20 bits per heavy atom. The van der Waals surface area contributed by atoms with Crippen LogP contribution in [0.3, 0.4) is 0 Å². The van der Waals surface area contributed by atoms with Crippen LogP contribution in [0.2, 0.25) is 0 Å². The van der Waals surface area contributed by atoms with Crippen molar-refractivity contribution in [1.82, 2.24) is 4.57 Å². The first kappa shape index (κ1) is 26.8. The highest BCUT2D eigenvalue weighted by Crippen LogP contribution is 2.32. The molecule has 0 amide bonds. The quantitative estimate of drug-likeness (QED) is 0.191. The number of nitrogens with zero attached hydrogens (tertiary/aromatic N) is 4. The van der Waals surface area contributed by atoms with Gasteiger partial charge in [-0.1, -0.05) is 35.6 Å². The minimum atomic E-state index is -0.717. The second kappa shape index (κ2) is 10.8. The summed E-state index contributed by atoms with van der Waals surface area (Å²) in [5.74, 6) is 0.314. The number of carbonyl (C=O) groups excluding carboxylic acids is 1. The summed E-state index contributed by atoms with van der Waals surface area (Å²) in [6, 6.07) is 16.5. The molecule has 204 valence electrons. The van der Waals surface area contributed by atoms with Gasteiger partial charge < -0.3 is 14.1 Å². The molecule has 0 unspecified atom stereocenters. The number of aromatic nitrogens is 1. The van der Waals surface area contributed by atoms with Gasteiger partial charge in [0.25, 0.3) is 11.2 Å². The van der Waals surface area contributed by atoms with Crippen molar-refractivity contribution in [2.75, 3.05) is 25.6 Å². The molecule has 40 heavy (non-hydrogen) atoms. The highest BCUT2D eigenvalue weighted by Gasteiger charge is 2.33. The van der Waals surface area contributed by atoms with E-state index in [9.17, 15) is 19.7 Å². The third kappa shape index (κ3) is 4.98. The van der Waals surface area contributed by atoms with Crippen molar-refractivity contribution < 1.29 is 18.9 Å². The zero-order valence-electron chi connectivity index (χ0n) is 22.3. The Bertz CT molecular complexity index is 1830. The van der Waals surface area contributed by atoms with E-state index in [-0.39, 0.29) is 17.9 Å². The van der Waals surface area contributed by atoms with Crippen LogP contribution < -0.4 is 19.8 Å². The van der Waals surface area contributed by atoms with E-state index in [1.807, 2.05) is 43.3 Å². The van der Waals surface area contributed by atoms with Crippen molar-refractivity contribution in [2.45, 2.75) is 19.9 Å². The summed E-state index contributed by atoms with van der Waals surface area (Å²) in [5, 5.41) is 11.2. The lowest BCUT2D eigenvalue weighted by atomic mass is 9.95. The number of carbonyl (C=O) groups is 1. The zero-order valence-corrected chi connectivity index (χ0v) is 23.1. The van der Waals surface area contributed by atoms with Crippen LogP contribution in [0.15, 0.2) is 86.1 Å². The molecule has 2 aromatic carbocycles. The predicted octanol–water partition coefficient (Wildman–Crippen LogP) is 4.03. The minimum Gasteiger partial charge on any atom is -0.463 e. The normalized spacial score (nSPS) is 15.0. The molecule has 0 aliphatic carbocycles.